The summed E-state index contributed by atoms with van der Waals surface area (Å²) in [6.45, 7) is 2.28. The summed E-state index contributed by atoms with van der Waals surface area (Å²) >= 11 is 0. The molecule has 2 aromatic carbocycles. The molecule has 2 aromatic rings. The lowest BCUT2D eigenvalue weighted by molar-refractivity contribution is -0.0820. The molecule has 0 atom stereocenters. The van der Waals surface area contributed by atoms with Crippen molar-refractivity contribution < 1.29 is 22.0 Å². The Kier molecular flexibility index (Phi) is 7.25. The van der Waals surface area contributed by atoms with Gasteiger partial charge in [0.2, 0.25) is 0 Å². The minimum Gasteiger partial charge on any atom is -0.212 e. The van der Waals surface area contributed by atoms with Gasteiger partial charge in [0.15, 0.2) is 0 Å². The van der Waals surface area contributed by atoms with Crippen molar-refractivity contribution in [2.75, 3.05) is 0 Å². The largest absolute Gasteiger partial charge is 0.412 e. The summed E-state index contributed by atoms with van der Waals surface area (Å²) in [7, 11) is 0. The SMILES string of the molecule is CC1CCC(c2ccc(-c3ccc(C4CCC(/C(F)=C/C(F)(F)F)CC4)cc3)c(F)c2)CC1. The lowest BCUT2D eigenvalue weighted by Crippen LogP contribution is -2.15. The first-order chi connectivity index (χ1) is 15.7. The van der Waals surface area contributed by atoms with Gasteiger partial charge in [-0.15, -0.1) is 0 Å². The van der Waals surface area contributed by atoms with E-state index in [9.17, 15) is 22.0 Å². The Hall–Kier alpha value is -2.17. The van der Waals surface area contributed by atoms with E-state index in [2.05, 4.69) is 13.0 Å². The molecule has 0 amide bonds. The molecular formula is C28H31F5. The van der Waals surface area contributed by atoms with Crippen molar-refractivity contribution in [3.63, 3.8) is 0 Å². The van der Waals surface area contributed by atoms with Gasteiger partial charge in [0.1, 0.15) is 11.6 Å². The Morgan fingerprint density at radius 3 is 1.91 bits per heavy atom. The Balaban J connectivity index is 1.39. The average Bonchev–Trinajstić information content (AvgIpc) is 2.79. The van der Waals surface area contributed by atoms with Crippen LogP contribution in [0.3, 0.4) is 0 Å². The van der Waals surface area contributed by atoms with Crippen molar-refractivity contribution >= 4 is 0 Å². The van der Waals surface area contributed by atoms with Crippen LogP contribution in [0.1, 0.15) is 81.3 Å². The van der Waals surface area contributed by atoms with Crippen LogP contribution in [0.5, 0.6) is 0 Å². The van der Waals surface area contributed by atoms with Gasteiger partial charge in [-0.2, -0.15) is 13.2 Å². The van der Waals surface area contributed by atoms with E-state index >= 15 is 0 Å². The van der Waals surface area contributed by atoms with Gasteiger partial charge in [-0.05, 0) is 79.0 Å². The van der Waals surface area contributed by atoms with Crippen LogP contribution < -0.4 is 0 Å². The molecule has 0 spiro atoms. The van der Waals surface area contributed by atoms with Crippen LogP contribution in [0.15, 0.2) is 54.4 Å². The molecule has 4 rings (SSSR count). The first kappa shape index (κ1) is 24.0. The number of benzene rings is 2. The Morgan fingerprint density at radius 2 is 1.33 bits per heavy atom. The highest BCUT2D eigenvalue weighted by molar-refractivity contribution is 5.65. The summed E-state index contributed by atoms with van der Waals surface area (Å²) in [5.74, 6) is -0.520. The highest BCUT2D eigenvalue weighted by atomic mass is 19.4. The van der Waals surface area contributed by atoms with Gasteiger partial charge < -0.3 is 0 Å². The molecule has 0 bridgehead atoms. The first-order valence-corrected chi connectivity index (χ1v) is 12.0. The highest BCUT2D eigenvalue weighted by Gasteiger charge is 2.30. The van der Waals surface area contributed by atoms with Gasteiger partial charge >= 0.3 is 6.18 Å². The molecule has 178 valence electrons. The molecule has 0 heterocycles. The highest BCUT2D eigenvalue weighted by Crippen LogP contribution is 2.41. The lowest BCUT2D eigenvalue weighted by atomic mass is 9.78. The number of alkyl halides is 3. The van der Waals surface area contributed by atoms with Crippen molar-refractivity contribution in [2.24, 2.45) is 11.8 Å². The van der Waals surface area contributed by atoms with Crippen LogP contribution in [-0.2, 0) is 0 Å². The topological polar surface area (TPSA) is 0 Å². The van der Waals surface area contributed by atoms with Crippen LogP contribution >= 0.6 is 0 Å². The van der Waals surface area contributed by atoms with E-state index in [1.165, 1.54) is 12.8 Å². The van der Waals surface area contributed by atoms with Gasteiger partial charge in [-0.25, -0.2) is 8.78 Å². The minimum absolute atomic E-state index is 0.190. The second kappa shape index (κ2) is 9.99. The third-order valence-electron chi connectivity index (χ3n) is 7.59. The third kappa shape index (κ3) is 6.04. The smallest absolute Gasteiger partial charge is 0.212 e. The summed E-state index contributed by atoms with van der Waals surface area (Å²) in [5, 5.41) is 0. The molecule has 2 saturated carbocycles. The average molecular weight is 463 g/mol. The Bertz CT molecular complexity index is 957. The van der Waals surface area contributed by atoms with E-state index in [0.717, 1.165) is 35.4 Å². The van der Waals surface area contributed by atoms with Crippen LogP contribution in [-0.4, -0.2) is 6.18 Å². The molecule has 0 radical (unpaired) electrons. The Morgan fingerprint density at radius 1 is 0.788 bits per heavy atom. The number of hydrogen-bond acceptors (Lipinski definition) is 0. The van der Waals surface area contributed by atoms with E-state index in [0.29, 0.717) is 37.2 Å². The van der Waals surface area contributed by atoms with Gasteiger partial charge in [0, 0.05) is 11.5 Å². The zero-order chi connectivity index (χ0) is 23.6. The maximum atomic E-state index is 14.9. The molecule has 33 heavy (non-hydrogen) atoms. The van der Waals surface area contributed by atoms with Crippen molar-refractivity contribution in [1.82, 2.24) is 0 Å². The number of halogens is 5. The van der Waals surface area contributed by atoms with Crippen molar-refractivity contribution in [1.29, 1.82) is 0 Å². The van der Waals surface area contributed by atoms with Gasteiger partial charge in [-0.1, -0.05) is 56.2 Å². The van der Waals surface area contributed by atoms with E-state index in [1.807, 2.05) is 30.3 Å². The predicted octanol–water partition coefficient (Wildman–Crippen LogP) is 9.48. The summed E-state index contributed by atoms with van der Waals surface area (Å²) in [6.07, 6.45) is 1.91. The van der Waals surface area contributed by atoms with Crippen LogP contribution in [0.4, 0.5) is 22.0 Å². The quantitative estimate of drug-likeness (QED) is 0.397. The third-order valence-corrected chi connectivity index (χ3v) is 7.59. The summed E-state index contributed by atoms with van der Waals surface area (Å²) in [4.78, 5) is 0. The van der Waals surface area contributed by atoms with Crippen molar-refractivity contribution in [3.8, 4) is 11.1 Å². The van der Waals surface area contributed by atoms with Crippen LogP contribution in [0, 0.1) is 17.7 Å². The molecule has 0 aliphatic heterocycles. The summed E-state index contributed by atoms with van der Waals surface area (Å²) < 4.78 is 66.0. The standard InChI is InChI=1S/C28H31F5/c1-18-2-4-21(5-3-18)24-14-15-25(26(29)16-24)22-10-6-19(7-11-22)20-8-12-23(13-9-20)27(30)17-28(31,32)33/h6-7,10-11,14-18,20-21,23H,2-5,8-9,12-13H2,1H3/b27-17-. The maximum absolute atomic E-state index is 14.9. The Labute approximate surface area is 192 Å². The molecule has 0 saturated heterocycles. The predicted molar refractivity (Wildman–Crippen MR) is 122 cm³/mol. The molecule has 0 aromatic heterocycles. The fraction of sp³-hybridized carbons (Fsp3) is 0.500. The molecule has 0 N–H and O–H groups in total. The zero-order valence-electron chi connectivity index (χ0n) is 19.0. The van der Waals surface area contributed by atoms with E-state index in [4.69, 9.17) is 0 Å². The molecule has 2 fully saturated rings. The molecule has 5 heteroatoms. The first-order valence-electron chi connectivity index (χ1n) is 12.0. The molecular weight excluding hydrogens is 431 g/mol. The zero-order valence-corrected chi connectivity index (χ0v) is 19.0. The van der Waals surface area contributed by atoms with Crippen LogP contribution in [0.25, 0.3) is 11.1 Å². The summed E-state index contributed by atoms with van der Waals surface area (Å²) in [6, 6.07) is 13.4. The molecule has 2 aliphatic rings. The van der Waals surface area contributed by atoms with E-state index < -0.39 is 17.9 Å². The lowest BCUT2D eigenvalue weighted by Gasteiger charge is -2.28. The fourth-order valence-electron chi connectivity index (χ4n) is 5.52. The minimum atomic E-state index is -4.61. The van der Waals surface area contributed by atoms with Crippen molar-refractivity contribution in [2.45, 2.75) is 76.3 Å². The number of rotatable bonds is 4. The monoisotopic (exact) mass is 462 g/mol. The fourth-order valence-corrected chi connectivity index (χ4v) is 5.52. The van der Waals surface area contributed by atoms with Gasteiger partial charge in [0.25, 0.3) is 0 Å². The molecule has 0 nitrogen and oxygen atoms in total. The van der Waals surface area contributed by atoms with Crippen molar-refractivity contribution in [3.05, 3.63) is 71.3 Å². The van der Waals surface area contributed by atoms with Gasteiger partial charge in [-0.3, -0.25) is 0 Å². The van der Waals surface area contributed by atoms with Gasteiger partial charge in [0.05, 0.1) is 6.08 Å². The summed E-state index contributed by atoms with van der Waals surface area (Å²) in [5.41, 5.74) is 3.56. The second-order valence-corrected chi connectivity index (χ2v) is 9.94. The number of hydrogen-bond donors (Lipinski definition) is 0. The van der Waals surface area contributed by atoms with E-state index in [1.54, 1.807) is 6.07 Å². The number of allylic oxidation sites excluding steroid dienone is 2. The normalized spacial score (nSPS) is 26.9. The van der Waals surface area contributed by atoms with E-state index in [-0.39, 0.29) is 17.8 Å². The maximum Gasteiger partial charge on any atom is 0.412 e. The molecule has 2 aliphatic carbocycles. The van der Waals surface area contributed by atoms with Crippen LogP contribution in [0.2, 0.25) is 0 Å². The second-order valence-electron chi connectivity index (χ2n) is 9.94. The molecule has 0 unspecified atom stereocenters.